The number of carboxylic acid groups (broad SMARTS) is 1. The van der Waals surface area contributed by atoms with Crippen LogP contribution in [0.15, 0.2) is 47.1 Å². The number of carboxylic acids is 1. The van der Waals surface area contributed by atoms with Gasteiger partial charge >= 0.3 is 12.0 Å². The summed E-state index contributed by atoms with van der Waals surface area (Å²) < 4.78 is 5.14. The highest BCUT2D eigenvalue weighted by molar-refractivity contribution is 6.00. The Morgan fingerprint density at radius 1 is 1.29 bits per heavy atom. The highest BCUT2D eigenvalue weighted by Gasteiger charge is 2.38. The molecule has 21 heavy (non-hydrogen) atoms. The fourth-order valence-electron chi connectivity index (χ4n) is 2.50. The van der Waals surface area contributed by atoms with Gasteiger partial charge in [0.15, 0.2) is 0 Å². The summed E-state index contributed by atoms with van der Waals surface area (Å²) in [5.74, 6) is -0.401. The first-order valence-corrected chi connectivity index (χ1v) is 6.57. The van der Waals surface area contributed by atoms with Crippen LogP contribution >= 0.6 is 0 Å². The fraction of sp³-hybridized carbons (Fsp3) is 0.200. The Balaban J connectivity index is 1.80. The maximum absolute atomic E-state index is 12.3. The van der Waals surface area contributed by atoms with Crippen molar-refractivity contribution in [1.29, 1.82) is 0 Å². The van der Waals surface area contributed by atoms with Crippen LogP contribution in [-0.2, 0) is 17.8 Å². The molecule has 0 fully saturated rings. The smallest absolute Gasteiger partial charge is 0.327 e. The molecule has 6 nitrogen and oxygen atoms in total. The molecule has 1 atom stereocenters. The topological polar surface area (TPSA) is 82.8 Å². The van der Waals surface area contributed by atoms with E-state index in [0.717, 1.165) is 5.56 Å². The summed E-state index contributed by atoms with van der Waals surface area (Å²) in [6.07, 6.45) is 1.84. The van der Waals surface area contributed by atoms with Gasteiger partial charge in [0.1, 0.15) is 11.8 Å². The first-order valence-electron chi connectivity index (χ1n) is 6.57. The normalized spacial score (nSPS) is 16.6. The molecular formula is C15H14N2O4. The molecule has 1 aromatic carbocycles. The predicted octanol–water partition coefficient (Wildman–Crippen LogP) is 2.01. The van der Waals surface area contributed by atoms with E-state index in [2.05, 4.69) is 5.32 Å². The number of carbonyl (C=O) groups excluding carboxylic acids is 1. The molecule has 1 aliphatic heterocycles. The van der Waals surface area contributed by atoms with Crippen LogP contribution in [0.25, 0.3) is 0 Å². The van der Waals surface area contributed by atoms with E-state index in [-0.39, 0.29) is 6.54 Å². The van der Waals surface area contributed by atoms with Crippen LogP contribution in [0.1, 0.15) is 11.3 Å². The van der Waals surface area contributed by atoms with E-state index < -0.39 is 18.0 Å². The summed E-state index contributed by atoms with van der Waals surface area (Å²) >= 11 is 0. The van der Waals surface area contributed by atoms with Crippen molar-refractivity contribution < 1.29 is 19.1 Å². The minimum Gasteiger partial charge on any atom is -0.480 e. The molecule has 0 spiro atoms. The van der Waals surface area contributed by atoms with E-state index in [0.29, 0.717) is 17.9 Å². The molecule has 2 aromatic rings. The van der Waals surface area contributed by atoms with Gasteiger partial charge in [-0.1, -0.05) is 18.2 Å². The van der Waals surface area contributed by atoms with Gasteiger partial charge in [-0.2, -0.15) is 0 Å². The van der Waals surface area contributed by atoms with Crippen molar-refractivity contribution in [3.8, 4) is 0 Å². The van der Waals surface area contributed by atoms with Gasteiger partial charge in [0, 0.05) is 12.1 Å². The molecule has 0 saturated heterocycles. The Hall–Kier alpha value is -2.76. The number of nitrogens with one attached hydrogen (secondary N) is 1. The number of aliphatic carboxylic acids is 1. The largest absolute Gasteiger partial charge is 0.480 e. The second-order valence-electron chi connectivity index (χ2n) is 4.79. The lowest BCUT2D eigenvalue weighted by atomic mass is 10.1. The molecule has 2 amide bonds. The third-order valence-electron chi connectivity index (χ3n) is 3.47. The summed E-state index contributed by atoms with van der Waals surface area (Å²) in [5.41, 5.74) is 1.50. The molecule has 1 aliphatic rings. The van der Waals surface area contributed by atoms with Crippen LogP contribution in [0.4, 0.5) is 10.5 Å². The van der Waals surface area contributed by atoms with Crippen LogP contribution < -0.4 is 10.2 Å². The van der Waals surface area contributed by atoms with Gasteiger partial charge in [0.25, 0.3) is 0 Å². The maximum Gasteiger partial charge on any atom is 0.327 e. The molecule has 1 aromatic heterocycles. The molecule has 3 rings (SSSR count). The number of carbonyl (C=O) groups is 2. The van der Waals surface area contributed by atoms with Crippen LogP contribution in [0, 0.1) is 0 Å². The van der Waals surface area contributed by atoms with Crippen molar-refractivity contribution in [1.82, 2.24) is 5.32 Å². The Bertz CT molecular complexity index is 666. The third kappa shape index (κ3) is 2.47. The third-order valence-corrected chi connectivity index (χ3v) is 3.47. The van der Waals surface area contributed by atoms with E-state index in [9.17, 15) is 14.7 Å². The quantitative estimate of drug-likeness (QED) is 0.904. The van der Waals surface area contributed by atoms with Crippen LogP contribution in [0.2, 0.25) is 0 Å². The Labute approximate surface area is 121 Å². The van der Waals surface area contributed by atoms with Crippen molar-refractivity contribution in [2.24, 2.45) is 0 Å². The first-order chi connectivity index (χ1) is 10.2. The second-order valence-corrected chi connectivity index (χ2v) is 4.79. The lowest BCUT2D eigenvalue weighted by Crippen LogP contribution is -2.47. The minimum absolute atomic E-state index is 0.219. The number of hydrogen-bond donors (Lipinski definition) is 2. The van der Waals surface area contributed by atoms with Gasteiger partial charge in [0.05, 0.1) is 12.8 Å². The van der Waals surface area contributed by atoms with Crippen molar-refractivity contribution in [2.45, 2.75) is 19.0 Å². The van der Waals surface area contributed by atoms with Gasteiger partial charge in [-0.15, -0.1) is 0 Å². The molecule has 0 unspecified atom stereocenters. The summed E-state index contributed by atoms with van der Waals surface area (Å²) in [7, 11) is 0. The van der Waals surface area contributed by atoms with Crippen molar-refractivity contribution in [3.05, 3.63) is 54.0 Å². The molecule has 0 saturated carbocycles. The van der Waals surface area contributed by atoms with E-state index >= 15 is 0 Å². The van der Waals surface area contributed by atoms with Gasteiger partial charge in [-0.25, -0.2) is 9.59 Å². The second kappa shape index (κ2) is 5.32. The number of benzene rings is 1. The van der Waals surface area contributed by atoms with Gasteiger partial charge in [-0.05, 0) is 23.8 Å². The SMILES string of the molecule is O=C(O)[C@@H]1Cc2ccccc2N1C(=O)NCc1ccco1. The fourth-order valence-corrected chi connectivity index (χ4v) is 2.50. The lowest BCUT2D eigenvalue weighted by Gasteiger charge is -2.22. The Kier molecular flexibility index (Phi) is 3.35. The van der Waals surface area contributed by atoms with Crippen LogP contribution in [0.5, 0.6) is 0 Å². The number of hydrogen-bond acceptors (Lipinski definition) is 3. The Morgan fingerprint density at radius 2 is 2.10 bits per heavy atom. The summed E-state index contributed by atoms with van der Waals surface area (Å²) in [4.78, 5) is 25.0. The van der Waals surface area contributed by atoms with Gasteiger partial charge in [0.2, 0.25) is 0 Å². The van der Waals surface area contributed by atoms with Crippen LogP contribution in [-0.4, -0.2) is 23.1 Å². The molecule has 108 valence electrons. The molecule has 6 heteroatoms. The zero-order valence-corrected chi connectivity index (χ0v) is 11.2. The number of fused-ring (bicyclic) bond motifs is 1. The van der Waals surface area contributed by atoms with Gasteiger partial charge < -0.3 is 14.8 Å². The van der Waals surface area contributed by atoms with Crippen molar-refractivity contribution in [3.63, 3.8) is 0 Å². The highest BCUT2D eigenvalue weighted by atomic mass is 16.4. The first kappa shape index (κ1) is 13.2. The average Bonchev–Trinajstić information content (AvgIpc) is 3.11. The van der Waals surface area contributed by atoms with E-state index in [1.165, 1.54) is 11.2 Å². The summed E-state index contributed by atoms with van der Waals surface area (Å²) in [6.45, 7) is 0.219. The standard InChI is InChI=1S/C15H14N2O4/c18-14(19)13-8-10-4-1-2-6-12(10)17(13)15(20)16-9-11-5-3-7-21-11/h1-7,13H,8-9H2,(H,16,20)(H,18,19)/t13-/m0/s1. The molecule has 0 radical (unpaired) electrons. The summed E-state index contributed by atoms with van der Waals surface area (Å²) in [5, 5.41) is 12.0. The molecule has 0 bridgehead atoms. The van der Waals surface area contributed by atoms with E-state index in [4.69, 9.17) is 4.42 Å². The lowest BCUT2D eigenvalue weighted by molar-refractivity contribution is -0.138. The molecule has 2 heterocycles. The monoisotopic (exact) mass is 286 g/mol. The van der Waals surface area contributed by atoms with Crippen LogP contribution in [0.3, 0.4) is 0 Å². The highest BCUT2D eigenvalue weighted by Crippen LogP contribution is 2.32. The summed E-state index contributed by atoms with van der Waals surface area (Å²) in [6, 6.07) is 9.37. The molecule has 2 N–H and O–H groups in total. The Morgan fingerprint density at radius 3 is 2.81 bits per heavy atom. The maximum atomic E-state index is 12.3. The number of para-hydroxylation sites is 1. The minimum atomic E-state index is -1.01. The molecular weight excluding hydrogens is 272 g/mol. The van der Waals surface area contributed by atoms with E-state index in [1.54, 1.807) is 24.3 Å². The molecule has 0 aliphatic carbocycles. The number of anilines is 1. The average molecular weight is 286 g/mol. The van der Waals surface area contributed by atoms with Crippen molar-refractivity contribution >= 4 is 17.7 Å². The zero-order valence-electron chi connectivity index (χ0n) is 11.2. The number of amides is 2. The van der Waals surface area contributed by atoms with Crippen molar-refractivity contribution in [2.75, 3.05) is 4.90 Å². The van der Waals surface area contributed by atoms with E-state index in [1.807, 2.05) is 12.1 Å². The number of nitrogens with zero attached hydrogens (tertiary/aromatic N) is 1. The number of urea groups is 1. The number of furan rings is 1. The predicted molar refractivity (Wildman–Crippen MR) is 75.0 cm³/mol. The van der Waals surface area contributed by atoms with Gasteiger partial charge in [-0.3, -0.25) is 4.90 Å². The number of rotatable bonds is 3. The zero-order chi connectivity index (χ0) is 14.8.